The fraction of sp³-hybridized carbons (Fsp3) is 0.0588. The van der Waals surface area contributed by atoms with Crippen molar-refractivity contribution < 1.29 is 0 Å². The van der Waals surface area contributed by atoms with E-state index in [4.69, 9.17) is 0 Å². The Bertz CT molecular complexity index is 2370. The van der Waals surface area contributed by atoms with Crippen LogP contribution in [-0.2, 0) is 0 Å². The maximum atomic E-state index is 2.36. The van der Waals surface area contributed by atoms with E-state index in [1.165, 1.54) is 79.3 Å². The lowest BCUT2D eigenvalue weighted by molar-refractivity contribution is 1.28. The number of thiophene rings is 3. The van der Waals surface area contributed by atoms with Gasteiger partial charge in [0.1, 0.15) is 0 Å². The maximum Gasteiger partial charge on any atom is 0.0462 e. The summed E-state index contributed by atoms with van der Waals surface area (Å²) in [5.74, 6) is 0. The Morgan fingerprint density at radius 2 is 0.418 bits per heavy atom. The molecule has 0 saturated heterocycles. The van der Waals surface area contributed by atoms with Gasteiger partial charge in [-0.2, -0.15) is 0 Å². The summed E-state index contributed by atoms with van der Waals surface area (Å²) in [6.45, 7) is 6.40. The van der Waals surface area contributed by atoms with Crippen LogP contribution in [0.15, 0.2) is 182 Å². The first-order valence-electron chi connectivity index (χ1n) is 18.6. The number of anilines is 3. The third kappa shape index (κ3) is 7.50. The van der Waals surface area contributed by atoms with Crippen LogP contribution in [0.2, 0.25) is 0 Å². The molecule has 0 radical (unpaired) electrons. The summed E-state index contributed by atoms with van der Waals surface area (Å²) in [7, 11) is 0. The molecule has 0 N–H and O–H groups in total. The van der Waals surface area contributed by atoms with Gasteiger partial charge in [0, 0.05) is 46.3 Å². The zero-order valence-electron chi connectivity index (χ0n) is 31.0. The molecule has 0 fully saturated rings. The summed E-state index contributed by atoms with van der Waals surface area (Å²) < 4.78 is 0. The summed E-state index contributed by atoms with van der Waals surface area (Å²) in [6, 6.07) is 66.9. The molecule has 9 rings (SSSR count). The van der Waals surface area contributed by atoms with Crippen molar-refractivity contribution in [2.45, 2.75) is 20.8 Å². The van der Waals surface area contributed by atoms with E-state index in [0.29, 0.717) is 0 Å². The van der Waals surface area contributed by atoms with Crippen molar-refractivity contribution in [1.29, 1.82) is 0 Å². The highest BCUT2D eigenvalue weighted by molar-refractivity contribution is 7.19. The highest BCUT2D eigenvalue weighted by Gasteiger charge is 2.16. The van der Waals surface area contributed by atoms with Crippen LogP contribution in [0.4, 0.5) is 17.1 Å². The van der Waals surface area contributed by atoms with Crippen LogP contribution >= 0.6 is 34.0 Å². The van der Waals surface area contributed by atoms with E-state index in [0.717, 1.165) is 17.1 Å². The van der Waals surface area contributed by atoms with Gasteiger partial charge in [-0.1, -0.05) is 126 Å². The van der Waals surface area contributed by atoms with Gasteiger partial charge in [-0.05, 0) is 127 Å². The molecule has 1 nitrogen and oxygen atoms in total. The number of rotatable bonds is 9. The van der Waals surface area contributed by atoms with Crippen LogP contribution in [0.25, 0.3) is 62.6 Å². The first-order valence-corrected chi connectivity index (χ1v) is 21.0. The van der Waals surface area contributed by atoms with Crippen LogP contribution in [0, 0.1) is 20.8 Å². The Hall–Kier alpha value is -5.78. The monoisotopic (exact) mass is 761 g/mol. The lowest BCUT2D eigenvalue weighted by Gasteiger charge is -2.26. The molecule has 0 atom stereocenters. The number of aryl methyl sites for hydroxylation is 3. The maximum absolute atomic E-state index is 2.36. The number of hydrogen-bond acceptors (Lipinski definition) is 4. The van der Waals surface area contributed by atoms with E-state index in [9.17, 15) is 0 Å². The van der Waals surface area contributed by atoms with Gasteiger partial charge in [0.05, 0.1) is 0 Å². The van der Waals surface area contributed by atoms with Crippen LogP contribution in [0.1, 0.15) is 16.7 Å². The second kappa shape index (κ2) is 15.2. The Morgan fingerprint density at radius 3 is 0.618 bits per heavy atom. The molecule has 0 saturated carbocycles. The minimum Gasteiger partial charge on any atom is -0.311 e. The quantitative estimate of drug-likeness (QED) is 0.142. The van der Waals surface area contributed by atoms with Gasteiger partial charge in [-0.15, -0.1) is 34.0 Å². The molecule has 9 aromatic rings. The Morgan fingerprint density at radius 1 is 0.236 bits per heavy atom. The number of benzene rings is 6. The van der Waals surface area contributed by atoms with E-state index in [2.05, 4.69) is 208 Å². The molecule has 0 bridgehead atoms. The van der Waals surface area contributed by atoms with Crippen molar-refractivity contribution in [2.75, 3.05) is 4.90 Å². The van der Waals surface area contributed by atoms with E-state index >= 15 is 0 Å². The van der Waals surface area contributed by atoms with Gasteiger partial charge >= 0.3 is 0 Å². The molecule has 0 spiro atoms. The molecule has 4 heteroatoms. The molecule has 3 heterocycles. The molecule has 3 aromatic heterocycles. The van der Waals surface area contributed by atoms with Crippen molar-refractivity contribution >= 4 is 51.1 Å². The van der Waals surface area contributed by atoms with Crippen molar-refractivity contribution in [3.8, 4) is 62.6 Å². The Balaban J connectivity index is 1.03. The second-order valence-electron chi connectivity index (χ2n) is 14.1. The van der Waals surface area contributed by atoms with E-state index in [-0.39, 0.29) is 0 Å². The van der Waals surface area contributed by atoms with Crippen LogP contribution in [0.3, 0.4) is 0 Å². The fourth-order valence-electron chi connectivity index (χ4n) is 6.87. The molecule has 0 aliphatic heterocycles. The minimum atomic E-state index is 1.12. The zero-order valence-corrected chi connectivity index (χ0v) is 33.4. The van der Waals surface area contributed by atoms with Gasteiger partial charge in [0.25, 0.3) is 0 Å². The highest BCUT2D eigenvalue weighted by Crippen LogP contribution is 2.42. The lowest BCUT2D eigenvalue weighted by Crippen LogP contribution is -2.09. The summed E-state index contributed by atoms with van der Waals surface area (Å²) in [6.07, 6.45) is 0. The average Bonchev–Trinajstić information content (AvgIpc) is 4.03. The Kier molecular flexibility index (Phi) is 9.63. The molecule has 55 heavy (non-hydrogen) atoms. The third-order valence-corrected chi connectivity index (χ3v) is 13.6. The van der Waals surface area contributed by atoms with E-state index in [1.807, 2.05) is 34.0 Å². The summed E-state index contributed by atoms with van der Waals surface area (Å²) in [4.78, 5) is 10.0. The highest BCUT2D eigenvalue weighted by atomic mass is 32.1. The molecule has 6 aromatic carbocycles. The Labute approximate surface area is 336 Å². The second-order valence-corrected chi connectivity index (χ2v) is 17.3. The normalized spacial score (nSPS) is 11.2. The molecule has 0 aliphatic carbocycles. The first-order chi connectivity index (χ1) is 26.9. The van der Waals surface area contributed by atoms with Crippen molar-refractivity contribution in [3.63, 3.8) is 0 Å². The summed E-state index contributed by atoms with van der Waals surface area (Å²) in [5.41, 5.74) is 14.7. The molecule has 0 aliphatic rings. The summed E-state index contributed by atoms with van der Waals surface area (Å²) >= 11 is 5.52. The van der Waals surface area contributed by atoms with E-state index in [1.54, 1.807) is 0 Å². The fourth-order valence-corrected chi connectivity index (χ4v) is 9.92. The minimum absolute atomic E-state index is 1.12. The standard InChI is InChI=1S/C51H39NS3/c1-34-4-10-37(11-5-34)46-28-31-49(53-46)40-16-22-43(23-17-40)52(44-24-18-41(19-25-44)50-32-29-47(54-50)38-12-6-35(2)7-13-38)45-26-20-42(21-27-45)51-33-30-48(55-51)39-14-8-36(3)9-15-39/h4-33H,1-3H3. The number of nitrogens with zero attached hydrogens (tertiary/aromatic N) is 1. The number of hydrogen-bond donors (Lipinski definition) is 0. The van der Waals surface area contributed by atoms with Gasteiger partial charge in [0.2, 0.25) is 0 Å². The van der Waals surface area contributed by atoms with Gasteiger partial charge in [-0.3, -0.25) is 0 Å². The van der Waals surface area contributed by atoms with Crippen molar-refractivity contribution in [3.05, 3.63) is 199 Å². The molecule has 266 valence electrons. The smallest absolute Gasteiger partial charge is 0.0462 e. The molecular weight excluding hydrogens is 723 g/mol. The zero-order chi connectivity index (χ0) is 37.3. The topological polar surface area (TPSA) is 3.24 Å². The largest absolute Gasteiger partial charge is 0.311 e. The molecule has 0 amide bonds. The van der Waals surface area contributed by atoms with Crippen molar-refractivity contribution in [2.24, 2.45) is 0 Å². The van der Waals surface area contributed by atoms with Gasteiger partial charge in [-0.25, -0.2) is 0 Å². The van der Waals surface area contributed by atoms with Crippen LogP contribution < -0.4 is 4.90 Å². The third-order valence-electron chi connectivity index (χ3n) is 10.1. The van der Waals surface area contributed by atoms with E-state index < -0.39 is 0 Å². The average molecular weight is 762 g/mol. The van der Waals surface area contributed by atoms with Gasteiger partial charge < -0.3 is 4.90 Å². The van der Waals surface area contributed by atoms with Crippen LogP contribution in [0.5, 0.6) is 0 Å². The van der Waals surface area contributed by atoms with Gasteiger partial charge in [0.15, 0.2) is 0 Å². The molecular formula is C51H39NS3. The summed E-state index contributed by atoms with van der Waals surface area (Å²) in [5, 5.41) is 0. The van der Waals surface area contributed by atoms with Crippen LogP contribution in [-0.4, -0.2) is 0 Å². The predicted molar refractivity (Wildman–Crippen MR) is 242 cm³/mol. The van der Waals surface area contributed by atoms with Crippen molar-refractivity contribution in [1.82, 2.24) is 0 Å². The SMILES string of the molecule is Cc1ccc(-c2ccc(-c3ccc(N(c4ccc(-c5ccc(-c6ccc(C)cc6)s5)cc4)c4ccc(-c5ccc(-c6ccc(C)cc6)s5)cc4)cc3)s2)cc1. The first kappa shape index (κ1) is 35.0. The lowest BCUT2D eigenvalue weighted by atomic mass is 10.1. The molecule has 0 unspecified atom stereocenters. The predicted octanol–water partition coefficient (Wildman–Crippen LogP) is 16.3.